The van der Waals surface area contributed by atoms with Crippen molar-refractivity contribution in [2.24, 2.45) is 10.7 Å². The van der Waals surface area contributed by atoms with Crippen LogP contribution in [0.15, 0.2) is 23.2 Å². The molecule has 0 aromatic heterocycles. The molecule has 1 heterocycles. The Morgan fingerprint density at radius 2 is 2.32 bits per heavy atom. The molecule has 0 bridgehead atoms. The second-order valence-corrected chi connectivity index (χ2v) is 4.77. The van der Waals surface area contributed by atoms with E-state index >= 15 is 0 Å². The maximum atomic E-state index is 13.8. The van der Waals surface area contributed by atoms with Crippen molar-refractivity contribution in [3.8, 4) is 5.75 Å². The monoisotopic (exact) mass is 265 g/mol. The molecule has 0 amide bonds. The van der Waals surface area contributed by atoms with Crippen molar-refractivity contribution in [3.63, 3.8) is 0 Å². The summed E-state index contributed by atoms with van der Waals surface area (Å²) in [4.78, 5) is 6.34. The van der Waals surface area contributed by atoms with Gasteiger partial charge in [-0.1, -0.05) is 13.0 Å². The molecule has 1 aromatic carbocycles. The lowest BCUT2D eigenvalue weighted by Crippen LogP contribution is -2.42. The number of aliphatic imine (C=N–C) groups is 1. The van der Waals surface area contributed by atoms with Gasteiger partial charge in [-0.05, 0) is 31.0 Å². The van der Waals surface area contributed by atoms with Gasteiger partial charge in [0.05, 0.1) is 19.7 Å². The molecule has 1 aromatic rings. The first-order chi connectivity index (χ1) is 9.08. The molecule has 0 saturated heterocycles. The van der Waals surface area contributed by atoms with Gasteiger partial charge >= 0.3 is 0 Å². The minimum absolute atomic E-state index is 0.00959. The Morgan fingerprint density at radius 3 is 2.89 bits per heavy atom. The minimum Gasteiger partial charge on any atom is -0.494 e. The van der Waals surface area contributed by atoms with Crippen molar-refractivity contribution in [1.82, 2.24) is 4.90 Å². The molecule has 0 spiro atoms. The Balaban J connectivity index is 2.29. The fourth-order valence-electron chi connectivity index (χ4n) is 2.39. The Labute approximate surface area is 113 Å². The van der Waals surface area contributed by atoms with Gasteiger partial charge in [-0.3, -0.25) is 4.99 Å². The quantitative estimate of drug-likeness (QED) is 0.908. The van der Waals surface area contributed by atoms with Crippen molar-refractivity contribution in [2.75, 3.05) is 13.7 Å². The largest absolute Gasteiger partial charge is 0.494 e. The molecule has 1 aliphatic rings. The molecular weight excluding hydrogens is 245 g/mol. The lowest BCUT2D eigenvalue weighted by Gasteiger charge is -2.32. The van der Waals surface area contributed by atoms with E-state index in [1.807, 2.05) is 6.07 Å². The third-order valence-corrected chi connectivity index (χ3v) is 3.65. The van der Waals surface area contributed by atoms with Crippen LogP contribution in [0.4, 0.5) is 4.39 Å². The van der Waals surface area contributed by atoms with Crippen molar-refractivity contribution < 1.29 is 9.13 Å². The highest BCUT2D eigenvalue weighted by Crippen LogP contribution is 2.30. The van der Waals surface area contributed by atoms with E-state index in [0.29, 0.717) is 12.5 Å². The Hall–Kier alpha value is -1.78. The lowest BCUT2D eigenvalue weighted by molar-refractivity contribution is 0.267. The van der Waals surface area contributed by atoms with Gasteiger partial charge in [0.2, 0.25) is 0 Å². The lowest BCUT2D eigenvalue weighted by atomic mass is 10.0. The third-order valence-electron chi connectivity index (χ3n) is 3.65. The number of methoxy groups -OCH3 is 1. The highest BCUT2D eigenvalue weighted by Gasteiger charge is 2.30. The van der Waals surface area contributed by atoms with Gasteiger partial charge in [0.1, 0.15) is 0 Å². The SMILES string of the molecule is CCC(C)N1C(N)=NCC1c1ccc(OC)c(F)c1. The van der Waals surface area contributed by atoms with E-state index in [9.17, 15) is 4.39 Å². The van der Waals surface area contributed by atoms with Gasteiger partial charge < -0.3 is 15.4 Å². The van der Waals surface area contributed by atoms with Crippen LogP contribution in [0, 0.1) is 5.82 Å². The van der Waals surface area contributed by atoms with Gasteiger partial charge in [-0.25, -0.2) is 4.39 Å². The van der Waals surface area contributed by atoms with Gasteiger partial charge in [0, 0.05) is 6.04 Å². The molecule has 0 aliphatic carbocycles. The van der Waals surface area contributed by atoms with Crippen molar-refractivity contribution in [1.29, 1.82) is 0 Å². The third kappa shape index (κ3) is 2.50. The molecule has 0 saturated carbocycles. The van der Waals surface area contributed by atoms with Crippen LogP contribution in [-0.2, 0) is 0 Å². The molecule has 2 N–H and O–H groups in total. The van der Waals surface area contributed by atoms with E-state index in [2.05, 4.69) is 23.7 Å². The normalized spacial score (nSPS) is 20.3. The van der Waals surface area contributed by atoms with Crippen LogP contribution >= 0.6 is 0 Å². The number of hydrogen-bond donors (Lipinski definition) is 1. The first kappa shape index (κ1) is 13.6. The van der Waals surface area contributed by atoms with Crippen molar-refractivity contribution >= 4 is 5.96 Å². The molecule has 0 fully saturated rings. The standard InChI is InChI=1S/C14H20FN3O/c1-4-9(2)18-12(8-17-14(18)16)10-5-6-13(19-3)11(15)7-10/h5-7,9,12H,4,8H2,1-3H3,(H2,16,17). The molecule has 1 aliphatic heterocycles. The highest BCUT2D eigenvalue weighted by molar-refractivity contribution is 5.80. The Morgan fingerprint density at radius 1 is 1.58 bits per heavy atom. The summed E-state index contributed by atoms with van der Waals surface area (Å²) in [6, 6.07) is 5.31. The summed E-state index contributed by atoms with van der Waals surface area (Å²) < 4.78 is 18.7. The van der Waals surface area contributed by atoms with Crippen LogP contribution in [0.3, 0.4) is 0 Å². The zero-order valence-corrected chi connectivity index (χ0v) is 11.6. The maximum absolute atomic E-state index is 13.8. The van der Waals surface area contributed by atoms with E-state index in [1.165, 1.54) is 13.2 Å². The fraction of sp³-hybridized carbons (Fsp3) is 0.500. The number of halogens is 1. The summed E-state index contributed by atoms with van der Waals surface area (Å²) >= 11 is 0. The summed E-state index contributed by atoms with van der Waals surface area (Å²) in [6.45, 7) is 4.77. The van der Waals surface area contributed by atoms with Crippen LogP contribution in [0.1, 0.15) is 31.9 Å². The molecule has 2 rings (SSSR count). The topological polar surface area (TPSA) is 50.8 Å². The molecule has 5 heteroatoms. The van der Waals surface area contributed by atoms with Crippen LogP contribution in [-0.4, -0.2) is 30.6 Å². The summed E-state index contributed by atoms with van der Waals surface area (Å²) in [6.07, 6.45) is 0.964. The molecule has 2 atom stereocenters. The molecule has 4 nitrogen and oxygen atoms in total. The van der Waals surface area contributed by atoms with Crippen molar-refractivity contribution in [3.05, 3.63) is 29.6 Å². The van der Waals surface area contributed by atoms with Crippen LogP contribution < -0.4 is 10.5 Å². The summed E-state index contributed by atoms with van der Waals surface area (Å²) in [5.41, 5.74) is 6.81. The number of ether oxygens (including phenoxy) is 1. The number of rotatable bonds is 4. The summed E-state index contributed by atoms with van der Waals surface area (Å²) in [5.74, 6) is 0.441. The van der Waals surface area contributed by atoms with Gasteiger partial charge in [0.25, 0.3) is 0 Å². The highest BCUT2D eigenvalue weighted by atomic mass is 19.1. The van der Waals surface area contributed by atoms with Crippen molar-refractivity contribution in [2.45, 2.75) is 32.4 Å². The first-order valence-electron chi connectivity index (χ1n) is 6.50. The van der Waals surface area contributed by atoms with Gasteiger partial charge in [0.15, 0.2) is 17.5 Å². The smallest absolute Gasteiger partial charge is 0.192 e. The first-order valence-corrected chi connectivity index (χ1v) is 6.50. The Kier molecular flexibility index (Phi) is 3.93. The average molecular weight is 265 g/mol. The second kappa shape index (κ2) is 5.47. The molecule has 104 valence electrons. The zero-order valence-electron chi connectivity index (χ0n) is 11.6. The molecule has 19 heavy (non-hydrogen) atoms. The van der Waals surface area contributed by atoms with Crippen LogP contribution in [0.5, 0.6) is 5.75 Å². The predicted octanol–water partition coefficient (Wildman–Crippen LogP) is 2.30. The minimum atomic E-state index is -0.352. The average Bonchev–Trinajstić information content (AvgIpc) is 2.79. The second-order valence-electron chi connectivity index (χ2n) is 4.77. The van der Waals surface area contributed by atoms with Crippen LogP contribution in [0.25, 0.3) is 0 Å². The van der Waals surface area contributed by atoms with E-state index < -0.39 is 0 Å². The van der Waals surface area contributed by atoms with E-state index in [-0.39, 0.29) is 23.7 Å². The molecule has 0 radical (unpaired) electrons. The fourth-order valence-corrected chi connectivity index (χ4v) is 2.39. The zero-order chi connectivity index (χ0) is 14.0. The molecule has 2 unspecified atom stereocenters. The van der Waals surface area contributed by atoms with Gasteiger partial charge in [-0.15, -0.1) is 0 Å². The number of benzene rings is 1. The number of hydrogen-bond acceptors (Lipinski definition) is 4. The number of guanidine groups is 1. The predicted molar refractivity (Wildman–Crippen MR) is 73.8 cm³/mol. The number of nitrogens with zero attached hydrogens (tertiary/aromatic N) is 2. The summed E-state index contributed by atoms with van der Waals surface area (Å²) in [5, 5.41) is 0. The Bertz CT molecular complexity index is 490. The van der Waals surface area contributed by atoms with E-state index in [4.69, 9.17) is 10.5 Å². The van der Waals surface area contributed by atoms with Gasteiger partial charge in [-0.2, -0.15) is 0 Å². The van der Waals surface area contributed by atoms with E-state index in [1.54, 1.807) is 6.07 Å². The number of nitrogens with two attached hydrogens (primary N) is 1. The maximum Gasteiger partial charge on any atom is 0.192 e. The summed E-state index contributed by atoms with van der Waals surface area (Å²) in [7, 11) is 1.46. The van der Waals surface area contributed by atoms with Crippen LogP contribution in [0.2, 0.25) is 0 Å². The van der Waals surface area contributed by atoms with E-state index in [0.717, 1.165) is 12.0 Å². The molecular formula is C14H20FN3O.